The van der Waals surface area contributed by atoms with Crippen molar-refractivity contribution in [2.75, 3.05) is 28.4 Å². The van der Waals surface area contributed by atoms with Crippen LogP contribution in [-0.2, 0) is 6.42 Å². The number of methoxy groups -OCH3 is 4. The third-order valence-electron chi connectivity index (χ3n) is 5.04. The molecule has 3 rings (SSSR count). The molecule has 0 amide bonds. The Hall–Kier alpha value is -4.54. The van der Waals surface area contributed by atoms with E-state index in [0.717, 1.165) is 12.0 Å². The average Bonchev–Trinajstić information content (AvgIpc) is 2.89. The molecule has 0 spiro atoms. The molecule has 0 aromatic heterocycles. The second-order valence-electron chi connectivity index (χ2n) is 7.06. The highest BCUT2D eigenvalue weighted by atomic mass is 16.6. The van der Waals surface area contributed by atoms with E-state index in [1.54, 1.807) is 32.4 Å². The SMILES string of the molecule is CCc1cc(OC)c(N=Nc2cc(OC)c(N=Nc3ccc([N+](=O)[O-])cc3)cc2OC)cc1OC. The van der Waals surface area contributed by atoms with Crippen molar-refractivity contribution in [2.45, 2.75) is 13.3 Å². The number of nitro groups is 1. The van der Waals surface area contributed by atoms with Gasteiger partial charge < -0.3 is 18.9 Å². The number of hydrogen-bond acceptors (Lipinski definition) is 10. The Labute approximate surface area is 202 Å². The third kappa shape index (κ3) is 5.88. The number of nitrogens with zero attached hydrogens (tertiary/aromatic N) is 5. The van der Waals surface area contributed by atoms with E-state index in [0.29, 0.717) is 45.7 Å². The molecule has 11 nitrogen and oxygen atoms in total. The Kier molecular flexibility index (Phi) is 8.28. The van der Waals surface area contributed by atoms with Gasteiger partial charge in [-0.05, 0) is 30.2 Å². The van der Waals surface area contributed by atoms with Gasteiger partial charge in [-0.3, -0.25) is 10.1 Å². The number of aryl methyl sites for hydroxylation is 1. The van der Waals surface area contributed by atoms with E-state index in [1.807, 2.05) is 13.0 Å². The van der Waals surface area contributed by atoms with Crippen LogP contribution in [0, 0.1) is 10.1 Å². The summed E-state index contributed by atoms with van der Waals surface area (Å²) in [4.78, 5) is 10.3. The smallest absolute Gasteiger partial charge is 0.269 e. The molecule has 3 aromatic rings. The molecule has 0 atom stereocenters. The van der Waals surface area contributed by atoms with Gasteiger partial charge in [0.15, 0.2) is 0 Å². The molecule has 0 aliphatic carbocycles. The monoisotopic (exact) mass is 479 g/mol. The van der Waals surface area contributed by atoms with Crippen molar-refractivity contribution in [3.63, 3.8) is 0 Å². The summed E-state index contributed by atoms with van der Waals surface area (Å²) in [5.41, 5.74) is 2.68. The molecule has 11 heteroatoms. The molecule has 35 heavy (non-hydrogen) atoms. The van der Waals surface area contributed by atoms with Gasteiger partial charge in [-0.15, -0.1) is 15.3 Å². The lowest BCUT2D eigenvalue weighted by atomic mass is 10.1. The minimum Gasteiger partial charge on any atom is -0.496 e. The van der Waals surface area contributed by atoms with Gasteiger partial charge >= 0.3 is 0 Å². The first-order valence-corrected chi connectivity index (χ1v) is 10.5. The van der Waals surface area contributed by atoms with Crippen molar-refractivity contribution in [2.24, 2.45) is 20.5 Å². The minimum atomic E-state index is -0.480. The summed E-state index contributed by atoms with van der Waals surface area (Å²) in [6.07, 6.45) is 0.776. The Balaban J connectivity index is 1.95. The van der Waals surface area contributed by atoms with Crippen LogP contribution in [0.3, 0.4) is 0 Å². The van der Waals surface area contributed by atoms with E-state index in [-0.39, 0.29) is 5.69 Å². The summed E-state index contributed by atoms with van der Waals surface area (Å²) in [5, 5.41) is 27.8. The van der Waals surface area contributed by atoms with Crippen molar-refractivity contribution < 1.29 is 23.9 Å². The summed E-state index contributed by atoms with van der Waals surface area (Å²) in [5.74, 6) is 2.03. The summed E-state index contributed by atoms with van der Waals surface area (Å²) >= 11 is 0. The first-order chi connectivity index (χ1) is 16.9. The summed E-state index contributed by atoms with van der Waals surface area (Å²) in [6.45, 7) is 2.02. The Bertz CT molecular complexity index is 1260. The predicted molar refractivity (Wildman–Crippen MR) is 130 cm³/mol. The molecule has 0 saturated carbocycles. The van der Waals surface area contributed by atoms with Crippen molar-refractivity contribution in [3.8, 4) is 23.0 Å². The molecule has 3 aromatic carbocycles. The maximum Gasteiger partial charge on any atom is 0.269 e. The van der Waals surface area contributed by atoms with Crippen LogP contribution in [0.15, 0.2) is 69.0 Å². The number of non-ortho nitro benzene ring substituents is 1. The number of azo groups is 2. The van der Waals surface area contributed by atoms with Crippen LogP contribution in [-0.4, -0.2) is 33.4 Å². The molecule has 0 aliphatic rings. The van der Waals surface area contributed by atoms with Crippen molar-refractivity contribution in [1.29, 1.82) is 0 Å². The number of nitro benzene ring substituents is 1. The van der Waals surface area contributed by atoms with E-state index in [2.05, 4.69) is 20.5 Å². The maximum atomic E-state index is 10.8. The highest BCUT2D eigenvalue weighted by Crippen LogP contribution is 2.42. The van der Waals surface area contributed by atoms with Gasteiger partial charge in [0.1, 0.15) is 40.1 Å². The highest BCUT2D eigenvalue weighted by molar-refractivity contribution is 5.67. The number of ether oxygens (including phenoxy) is 4. The number of benzene rings is 3. The van der Waals surface area contributed by atoms with E-state index >= 15 is 0 Å². The highest BCUT2D eigenvalue weighted by Gasteiger charge is 2.14. The third-order valence-corrected chi connectivity index (χ3v) is 5.04. The molecule has 0 unspecified atom stereocenters. The normalized spacial score (nSPS) is 11.1. The van der Waals surface area contributed by atoms with Crippen LogP contribution in [0.2, 0.25) is 0 Å². The van der Waals surface area contributed by atoms with E-state index in [9.17, 15) is 10.1 Å². The molecule has 0 heterocycles. The fourth-order valence-corrected chi connectivity index (χ4v) is 3.18. The van der Waals surface area contributed by atoms with Crippen LogP contribution < -0.4 is 18.9 Å². The maximum absolute atomic E-state index is 10.8. The summed E-state index contributed by atoms with van der Waals surface area (Å²) in [7, 11) is 6.15. The van der Waals surface area contributed by atoms with Gasteiger partial charge in [0.2, 0.25) is 0 Å². The van der Waals surface area contributed by atoms with Gasteiger partial charge in [0, 0.05) is 30.3 Å². The van der Waals surface area contributed by atoms with Crippen molar-refractivity contribution in [3.05, 3.63) is 64.2 Å². The van der Waals surface area contributed by atoms with Crippen LogP contribution >= 0.6 is 0 Å². The molecule has 0 radical (unpaired) electrons. The van der Waals surface area contributed by atoms with Crippen molar-refractivity contribution in [1.82, 2.24) is 0 Å². The Morgan fingerprint density at radius 3 is 1.54 bits per heavy atom. The molecular formula is C24H25N5O6. The lowest BCUT2D eigenvalue weighted by molar-refractivity contribution is -0.384. The lowest BCUT2D eigenvalue weighted by Crippen LogP contribution is -1.93. The van der Waals surface area contributed by atoms with E-state index < -0.39 is 4.92 Å². The Morgan fingerprint density at radius 2 is 1.11 bits per heavy atom. The number of rotatable bonds is 10. The Morgan fingerprint density at radius 1 is 0.686 bits per heavy atom. The van der Waals surface area contributed by atoms with Crippen molar-refractivity contribution >= 4 is 28.4 Å². The lowest BCUT2D eigenvalue weighted by Gasteiger charge is -2.12. The summed E-state index contributed by atoms with van der Waals surface area (Å²) in [6, 6.07) is 12.6. The molecule has 0 fully saturated rings. The van der Waals surface area contributed by atoms with Gasteiger partial charge in [0.05, 0.1) is 39.0 Å². The fraction of sp³-hybridized carbons (Fsp3) is 0.250. The largest absolute Gasteiger partial charge is 0.496 e. The van der Waals surface area contributed by atoms with Crippen LogP contribution in [0.25, 0.3) is 0 Å². The first kappa shape index (κ1) is 25.1. The molecule has 0 N–H and O–H groups in total. The standard InChI is InChI=1S/C24H25N5O6/c1-6-15-11-22(33-3)18(12-21(15)32-2)27-28-20-14-23(34-4)19(13-24(20)35-5)26-25-16-7-9-17(10-8-16)29(30)31/h7-14H,6H2,1-5H3. The number of hydrogen-bond donors (Lipinski definition) is 0. The zero-order chi connectivity index (χ0) is 25.4. The molecule has 0 bridgehead atoms. The molecule has 0 aliphatic heterocycles. The topological polar surface area (TPSA) is 130 Å². The van der Waals surface area contributed by atoms with Gasteiger partial charge in [-0.25, -0.2) is 0 Å². The summed E-state index contributed by atoms with van der Waals surface area (Å²) < 4.78 is 21.8. The average molecular weight is 479 g/mol. The predicted octanol–water partition coefficient (Wildman–Crippen LogP) is 7.02. The molecule has 0 saturated heterocycles. The van der Waals surface area contributed by atoms with E-state index in [4.69, 9.17) is 18.9 Å². The van der Waals surface area contributed by atoms with E-state index in [1.165, 1.54) is 38.5 Å². The minimum absolute atomic E-state index is 0.0310. The van der Waals surface area contributed by atoms with Crippen LogP contribution in [0.1, 0.15) is 12.5 Å². The van der Waals surface area contributed by atoms with Gasteiger partial charge in [-0.2, -0.15) is 5.11 Å². The zero-order valence-corrected chi connectivity index (χ0v) is 20.0. The quantitative estimate of drug-likeness (QED) is 0.174. The second kappa shape index (κ2) is 11.5. The fourth-order valence-electron chi connectivity index (χ4n) is 3.18. The molecular weight excluding hydrogens is 454 g/mol. The second-order valence-corrected chi connectivity index (χ2v) is 7.06. The van der Waals surface area contributed by atoms with Gasteiger partial charge in [-0.1, -0.05) is 6.92 Å². The first-order valence-electron chi connectivity index (χ1n) is 10.5. The molecule has 182 valence electrons. The van der Waals surface area contributed by atoms with Crippen LogP contribution in [0.5, 0.6) is 23.0 Å². The zero-order valence-electron chi connectivity index (χ0n) is 20.0. The van der Waals surface area contributed by atoms with Gasteiger partial charge in [0.25, 0.3) is 5.69 Å². The van der Waals surface area contributed by atoms with Crippen LogP contribution in [0.4, 0.5) is 28.4 Å².